The zero-order valence-corrected chi connectivity index (χ0v) is 7.78. The zero-order chi connectivity index (χ0) is 9.84. The highest BCUT2D eigenvalue weighted by Gasteiger charge is 2.00. The molecular formula is C9H8F2OS. The molecular weight excluding hydrogens is 194 g/mol. The number of benzene rings is 1. The van der Waals surface area contributed by atoms with E-state index in [-0.39, 0.29) is 5.56 Å². The molecule has 0 aromatic heterocycles. The van der Waals surface area contributed by atoms with Crippen LogP contribution in [0, 0.1) is 11.6 Å². The number of rotatable bonds is 2. The van der Waals surface area contributed by atoms with Crippen molar-refractivity contribution < 1.29 is 13.3 Å². The Labute approximate surface area is 78.3 Å². The first kappa shape index (κ1) is 10.2. The Kier molecular flexibility index (Phi) is 3.45. The summed E-state index contributed by atoms with van der Waals surface area (Å²) in [5.74, 6) is -1.27. The topological polar surface area (TPSA) is 23.1 Å². The maximum Gasteiger partial charge on any atom is 0.133 e. The molecule has 0 radical (unpaired) electrons. The van der Waals surface area contributed by atoms with Gasteiger partial charge in [-0.05, 0) is 29.4 Å². The normalized spacial score (nSPS) is 13.5. The third-order valence-corrected chi connectivity index (χ3v) is 1.92. The maximum atomic E-state index is 12.9. The van der Waals surface area contributed by atoms with Crippen molar-refractivity contribution in [1.29, 1.82) is 0 Å². The van der Waals surface area contributed by atoms with Gasteiger partial charge in [-0.15, -0.1) is 0 Å². The molecule has 1 atom stereocenters. The molecule has 0 aliphatic heterocycles. The molecule has 0 bridgehead atoms. The highest BCUT2D eigenvalue weighted by Crippen LogP contribution is 2.11. The molecule has 0 saturated heterocycles. The van der Waals surface area contributed by atoms with E-state index in [1.807, 2.05) is 0 Å². The Morgan fingerprint density at radius 3 is 2.62 bits per heavy atom. The third-order valence-electron chi connectivity index (χ3n) is 1.40. The van der Waals surface area contributed by atoms with Gasteiger partial charge in [0, 0.05) is 11.6 Å². The SMILES string of the molecule is C[S+]([O-])C=Cc1ccc(F)cc1F. The van der Waals surface area contributed by atoms with Gasteiger partial charge in [-0.25, -0.2) is 8.78 Å². The first-order valence-electron chi connectivity index (χ1n) is 3.55. The van der Waals surface area contributed by atoms with Crippen molar-refractivity contribution in [3.8, 4) is 0 Å². The van der Waals surface area contributed by atoms with E-state index in [4.69, 9.17) is 0 Å². The Balaban J connectivity index is 2.90. The van der Waals surface area contributed by atoms with Gasteiger partial charge in [-0.2, -0.15) is 0 Å². The second-order valence-corrected chi connectivity index (χ2v) is 3.74. The Bertz CT molecular complexity index is 323. The molecule has 0 saturated carbocycles. The van der Waals surface area contributed by atoms with Crippen LogP contribution in [0.25, 0.3) is 6.08 Å². The smallest absolute Gasteiger partial charge is 0.133 e. The molecule has 1 aromatic carbocycles. The minimum atomic E-state index is -1.12. The maximum absolute atomic E-state index is 12.9. The summed E-state index contributed by atoms with van der Waals surface area (Å²) in [6.07, 6.45) is 2.84. The third kappa shape index (κ3) is 3.16. The fourth-order valence-electron chi connectivity index (χ4n) is 0.806. The molecule has 0 aliphatic carbocycles. The molecule has 0 spiro atoms. The molecule has 70 valence electrons. The molecule has 1 aromatic rings. The second kappa shape index (κ2) is 4.39. The van der Waals surface area contributed by atoms with Crippen LogP contribution in [0.15, 0.2) is 23.6 Å². The van der Waals surface area contributed by atoms with E-state index >= 15 is 0 Å². The molecule has 1 nitrogen and oxygen atoms in total. The fourth-order valence-corrected chi connectivity index (χ4v) is 1.14. The van der Waals surface area contributed by atoms with Crippen molar-refractivity contribution >= 4 is 17.3 Å². The largest absolute Gasteiger partial charge is 0.612 e. The van der Waals surface area contributed by atoms with Gasteiger partial charge in [0.05, 0.1) is 6.26 Å². The standard InChI is InChI=1S/C9H8F2OS/c1-13(12)5-4-7-2-3-8(10)6-9(7)11/h2-6H,1H3. The van der Waals surface area contributed by atoms with Crippen LogP contribution in [0.5, 0.6) is 0 Å². The van der Waals surface area contributed by atoms with Gasteiger partial charge in [0.15, 0.2) is 0 Å². The summed E-state index contributed by atoms with van der Waals surface area (Å²) in [7, 11) is 0. The Hall–Kier alpha value is -0.870. The number of hydrogen-bond acceptors (Lipinski definition) is 1. The lowest BCUT2D eigenvalue weighted by molar-refractivity contribution is 0.581. The number of hydrogen-bond donors (Lipinski definition) is 0. The van der Waals surface area contributed by atoms with Gasteiger partial charge in [0.2, 0.25) is 0 Å². The second-order valence-electron chi connectivity index (χ2n) is 2.47. The van der Waals surface area contributed by atoms with Gasteiger partial charge in [0.1, 0.15) is 17.0 Å². The summed E-state index contributed by atoms with van der Waals surface area (Å²) in [6, 6.07) is 3.24. The molecule has 4 heteroatoms. The molecule has 0 N–H and O–H groups in total. The van der Waals surface area contributed by atoms with Crippen LogP contribution >= 0.6 is 0 Å². The van der Waals surface area contributed by atoms with E-state index < -0.39 is 22.8 Å². The minimum absolute atomic E-state index is 0.233. The first-order valence-corrected chi connectivity index (χ1v) is 5.17. The van der Waals surface area contributed by atoms with E-state index in [2.05, 4.69) is 0 Å². The lowest BCUT2D eigenvalue weighted by Gasteiger charge is -1.97. The van der Waals surface area contributed by atoms with Crippen molar-refractivity contribution in [3.05, 3.63) is 40.8 Å². The molecule has 0 heterocycles. The van der Waals surface area contributed by atoms with Crippen molar-refractivity contribution in [1.82, 2.24) is 0 Å². The van der Waals surface area contributed by atoms with E-state index in [1.54, 1.807) is 0 Å². The van der Waals surface area contributed by atoms with Gasteiger partial charge in [-0.3, -0.25) is 0 Å². The van der Waals surface area contributed by atoms with Crippen molar-refractivity contribution in [2.45, 2.75) is 0 Å². The summed E-state index contributed by atoms with van der Waals surface area (Å²) < 4.78 is 36.0. The summed E-state index contributed by atoms with van der Waals surface area (Å²) in [4.78, 5) is 0. The number of halogens is 2. The van der Waals surface area contributed by atoms with Crippen molar-refractivity contribution in [3.63, 3.8) is 0 Å². The summed E-state index contributed by atoms with van der Waals surface area (Å²) >= 11 is -1.12. The molecule has 0 aliphatic rings. The first-order chi connectivity index (χ1) is 6.09. The predicted molar refractivity (Wildman–Crippen MR) is 49.5 cm³/mol. The lowest BCUT2D eigenvalue weighted by atomic mass is 10.2. The highest BCUT2D eigenvalue weighted by atomic mass is 32.2. The molecule has 0 amide bonds. The Morgan fingerprint density at radius 1 is 1.38 bits per heavy atom. The minimum Gasteiger partial charge on any atom is -0.612 e. The fraction of sp³-hybridized carbons (Fsp3) is 0.111. The van der Waals surface area contributed by atoms with E-state index in [1.165, 1.54) is 23.8 Å². The molecule has 1 unspecified atom stereocenters. The van der Waals surface area contributed by atoms with Crippen LogP contribution in [0.4, 0.5) is 8.78 Å². The molecule has 1 rings (SSSR count). The van der Waals surface area contributed by atoms with E-state index in [9.17, 15) is 13.3 Å². The average Bonchev–Trinajstić information content (AvgIpc) is 2.02. The van der Waals surface area contributed by atoms with Gasteiger partial charge in [0.25, 0.3) is 0 Å². The monoisotopic (exact) mass is 202 g/mol. The molecule has 13 heavy (non-hydrogen) atoms. The van der Waals surface area contributed by atoms with Crippen LogP contribution in [0.3, 0.4) is 0 Å². The summed E-state index contributed by atoms with van der Waals surface area (Å²) in [6.45, 7) is 0. The zero-order valence-electron chi connectivity index (χ0n) is 6.96. The van der Waals surface area contributed by atoms with Crippen LogP contribution in [0.2, 0.25) is 0 Å². The van der Waals surface area contributed by atoms with Gasteiger partial charge in [-0.1, -0.05) is 0 Å². The predicted octanol–water partition coefficient (Wildman–Crippen LogP) is 2.31. The Morgan fingerprint density at radius 2 is 2.08 bits per heavy atom. The summed E-state index contributed by atoms with van der Waals surface area (Å²) in [5, 5.41) is 1.34. The summed E-state index contributed by atoms with van der Waals surface area (Å²) in [5.41, 5.74) is 0.233. The van der Waals surface area contributed by atoms with Crippen molar-refractivity contribution in [2.75, 3.05) is 6.26 Å². The van der Waals surface area contributed by atoms with E-state index in [0.29, 0.717) is 0 Å². The molecule has 0 fully saturated rings. The van der Waals surface area contributed by atoms with Gasteiger partial charge < -0.3 is 4.55 Å². The van der Waals surface area contributed by atoms with Crippen LogP contribution < -0.4 is 0 Å². The highest BCUT2D eigenvalue weighted by molar-refractivity contribution is 7.93. The van der Waals surface area contributed by atoms with Crippen LogP contribution in [0.1, 0.15) is 5.56 Å². The van der Waals surface area contributed by atoms with Crippen molar-refractivity contribution in [2.24, 2.45) is 0 Å². The van der Waals surface area contributed by atoms with Gasteiger partial charge >= 0.3 is 0 Å². The van der Waals surface area contributed by atoms with Crippen LogP contribution in [-0.2, 0) is 11.2 Å². The quantitative estimate of drug-likeness (QED) is 0.675. The average molecular weight is 202 g/mol. The van der Waals surface area contributed by atoms with Crippen LogP contribution in [-0.4, -0.2) is 10.8 Å². The lowest BCUT2D eigenvalue weighted by Crippen LogP contribution is -1.89. The van der Waals surface area contributed by atoms with E-state index in [0.717, 1.165) is 12.1 Å².